The van der Waals surface area contributed by atoms with Crippen LogP contribution in [0.25, 0.3) is 56.6 Å². The topological polar surface area (TPSA) is 150 Å². The molecular formula is C43H31F6N11. The molecule has 3 aromatic carbocycles. The van der Waals surface area contributed by atoms with Crippen molar-refractivity contribution in [3.63, 3.8) is 0 Å². The third kappa shape index (κ3) is 8.27. The fraction of sp³-hybridized carbons (Fsp3) is 0.0698. The van der Waals surface area contributed by atoms with E-state index in [1.54, 1.807) is 82.3 Å². The highest BCUT2D eigenvalue weighted by molar-refractivity contribution is 5.83. The number of pyridine rings is 2. The lowest BCUT2D eigenvalue weighted by molar-refractivity contribution is -0.138. The summed E-state index contributed by atoms with van der Waals surface area (Å²) in [6, 6.07) is 30.4. The average molecular weight is 816 g/mol. The molecule has 5 N–H and O–H groups in total. The second kappa shape index (κ2) is 15.8. The summed E-state index contributed by atoms with van der Waals surface area (Å²) >= 11 is 0. The Kier molecular flexibility index (Phi) is 10.3. The lowest BCUT2D eigenvalue weighted by Crippen LogP contribution is -2.04. The van der Waals surface area contributed by atoms with E-state index in [0.717, 1.165) is 41.0 Å². The zero-order valence-electron chi connectivity index (χ0n) is 31.1. The van der Waals surface area contributed by atoms with Crippen LogP contribution < -0.4 is 16.8 Å². The van der Waals surface area contributed by atoms with E-state index in [1.165, 1.54) is 12.1 Å². The van der Waals surface area contributed by atoms with Crippen LogP contribution in [0.4, 0.5) is 43.8 Å². The zero-order chi connectivity index (χ0) is 42.0. The van der Waals surface area contributed by atoms with Gasteiger partial charge in [-0.1, -0.05) is 54.6 Å². The van der Waals surface area contributed by atoms with Gasteiger partial charge in [0.2, 0.25) is 11.6 Å². The smallest absolute Gasteiger partial charge is 0.384 e. The van der Waals surface area contributed by atoms with Gasteiger partial charge in [0, 0.05) is 59.8 Å². The summed E-state index contributed by atoms with van der Waals surface area (Å²) in [7, 11) is 0. The van der Waals surface area contributed by atoms with Crippen LogP contribution in [0.2, 0.25) is 0 Å². The molecule has 0 unspecified atom stereocenters. The van der Waals surface area contributed by atoms with Crippen LogP contribution >= 0.6 is 0 Å². The van der Waals surface area contributed by atoms with Crippen LogP contribution in [0.15, 0.2) is 146 Å². The second-order valence-electron chi connectivity index (χ2n) is 13.3. The quantitative estimate of drug-likeness (QED) is 0.134. The van der Waals surface area contributed by atoms with Gasteiger partial charge in [0.15, 0.2) is 0 Å². The molecule has 17 heteroatoms. The number of fused-ring (bicyclic) bond motifs is 2. The van der Waals surface area contributed by atoms with Gasteiger partial charge in [0.05, 0.1) is 33.9 Å². The van der Waals surface area contributed by atoms with Crippen LogP contribution in [-0.4, -0.2) is 38.7 Å². The van der Waals surface area contributed by atoms with Crippen molar-refractivity contribution in [3.8, 4) is 45.0 Å². The van der Waals surface area contributed by atoms with Crippen molar-refractivity contribution in [3.05, 3.63) is 163 Å². The zero-order valence-corrected chi connectivity index (χ0v) is 31.1. The number of aromatic nitrogens is 8. The van der Waals surface area contributed by atoms with Crippen molar-refractivity contribution in [1.82, 2.24) is 38.7 Å². The standard InChI is InChI=1S/C25H19F3N6.C18H12F3N5/c26-25(27,28)19-8-4-7-17(13-19)22-23(34-12-10-20(29)32-24(34)33-22)18-9-11-30-21(14-18)31-15-16-5-2-1-3-6-16;19-18(20,21)13-3-1-2-12(10-13)15-16(11-4-7-23-8-5-11)26-9-6-14(22)24-17(26)25-15/h1-14H,15H2,(H,30,31)(H2,29,32,33);1-10H,(H2,22,24,25). The second-order valence-corrected chi connectivity index (χ2v) is 13.3. The predicted octanol–water partition coefficient (Wildman–Crippen LogP) is 9.73. The Morgan fingerprint density at radius 3 is 1.57 bits per heavy atom. The number of hydrogen-bond donors (Lipinski definition) is 3. The van der Waals surface area contributed by atoms with Gasteiger partial charge >= 0.3 is 12.4 Å². The SMILES string of the molecule is Nc1ccn2c(-c3ccnc(NCc4ccccc4)c3)c(-c3cccc(C(F)(F)F)c3)nc2n1.Nc1ccn2c(-c3ccncc3)c(-c3cccc(C(F)(F)F)c3)nc2n1. The van der Waals surface area contributed by atoms with Gasteiger partial charge in [0.25, 0.3) is 0 Å². The summed E-state index contributed by atoms with van der Waals surface area (Å²) in [4.78, 5) is 25.7. The average Bonchev–Trinajstić information content (AvgIpc) is 3.82. The number of nitrogens with two attached hydrogens (primary N) is 2. The normalized spacial score (nSPS) is 11.7. The Labute approximate surface area is 337 Å². The van der Waals surface area contributed by atoms with Crippen LogP contribution in [0.1, 0.15) is 16.7 Å². The summed E-state index contributed by atoms with van der Waals surface area (Å²) < 4.78 is 82.8. The van der Waals surface area contributed by atoms with Gasteiger partial charge in [-0.3, -0.25) is 13.8 Å². The minimum Gasteiger partial charge on any atom is -0.384 e. The van der Waals surface area contributed by atoms with Crippen LogP contribution in [0, 0.1) is 0 Å². The molecule has 0 saturated carbocycles. The van der Waals surface area contributed by atoms with E-state index in [9.17, 15) is 26.3 Å². The van der Waals surface area contributed by atoms with E-state index < -0.39 is 23.5 Å². The number of rotatable bonds is 7. The molecule has 0 saturated heterocycles. The van der Waals surface area contributed by atoms with E-state index >= 15 is 0 Å². The molecule has 0 fully saturated rings. The Morgan fingerprint density at radius 2 is 1.03 bits per heavy atom. The number of benzene rings is 3. The fourth-order valence-corrected chi connectivity index (χ4v) is 6.50. The molecule has 0 amide bonds. The summed E-state index contributed by atoms with van der Waals surface area (Å²) in [5.41, 5.74) is 15.3. The largest absolute Gasteiger partial charge is 0.416 e. The van der Waals surface area contributed by atoms with Crippen LogP contribution in [0.3, 0.4) is 0 Å². The highest BCUT2D eigenvalue weighted by atomic mass is 19.4. The molecule has 0 aliphatic heterocycles. The maximum atomic E-state index is 13.4. The highest BCUT2D eigenvalue weighted by Gasteiger charge is 2.32. The molecule has 0 aliphatic rings. The predicted molar refractivity (Wildman–Crippen MR) is 216 cm³/mol. The van der Waals surface area contributed by atoms with Gasteiger partial charge in [-0.05, 0) is 66.2 Å². The Balaban J connectivity index is 0.000000172. The molecular weight excluding hydrogens is 785 g/mol. The van der Waals surface area contributed by atoms with E-state index in [-0.39, 0.29) is 17.4 Å². The third-order valence-electron chi connectivity index (χ3n) is 9.26. The summed E-state index contributed by atoms with van der Waals surface area (Å²) in [5, 5.41) is 3.28. The maximum absolute atomic E-state index is 13.4. The van der Waals surface area contributed by atoms with Crippen LogP contribution in [-0.2, 0) is 18.9 Å². The highest BCUT2D eigenvalue weighted by Crippen LogP contribution is 2.38. The maximum Gasteiger partial charge on any atom is 0.416 e. The number of nitrogens with one attached hydrogen (secondary N) is 1. The molecule has 60 heavy (non-hydrogen) atoms. The van der Waals surface area contributed by atoms with Gasteiger partial charge in [-0.25, -0.2) is 15.0 Å². The number of hydrogen-bond acceptors (Lipinski definition) is 9. The first kappa shape index (κ1) is 39.0. The molecule has 0 aliphatic carbocycles. The number of nitrogen functional groups attached to an aromatic ring is 2. The molecule has 0 spiro atoms. The number of halogens is 6. The summed E-state index contributed by atoms with van der Waals surface area (Å²) in [5.74, 6) is 1.76. The molecule has 0 atom stereocenters. The molecule has 6 heterocycles. The molecule has 6 aromatic heterocycles. The Bertz CT molecular complexity index is 2950. The summed E-state index contributed by atoms with van der Waals surface area (Å²) in [6.45, 7) is 0.572. The first-order valence-corrected chi connectivity index (χ1v) is 18.1. The molecule has 9 rings (SSSR count). The van der Waals surface area contributed by atoms with Gasteiger partial charge in [-0.15, -0.1) is 0 Å². The lowest BCUT2D eigenvalue weighted by Gasteiger charge is -2.11. The van der Waals surface area contributed by atoms with Crippen molar-refractivity contribution in [2.24, 2.45) is 0 Å². The molecule has 0 bridgehead atoms. The van der Waals surface area contributed by atoms with Crippen molar-refractivity contribution < 1.29 is 26.3 Å². The van der Waals surface area contributed by atoms with Gasteiger partial charge < -0.3 is 16.8 Å². The number of alkyl halides is 6. The van der Waals surface area contributed by atoms with E-state index in [0.29, 0.717) is 52.0 Å². The molecule has 0 radical (unpaired) electrons. The first-order valence-electron chi connectivity index (χ1n) is 18.1. The van der Waals surface area contributed by atoms with E-state index in [4.69, 9.17) is 11.5 Å². The van der Waals surface area contributed by atoms with Crippen molar-refractivity contribution in [1.29, 1.82) is 0 Å². The van der Waals surface area contributed by atoms with Crippen molar-refractivity contribution in [2.75, 3.05) is 16.8 Å². The fourth-order valence-electron chi connectivity index (χ4n) is 6.50. The molecule has 9 aromatic rings. The molecule has 11 nitrogen and oxygen atoms in total. The van der Waals surface area contributed by atoms with Crippen molar-refractivity contribution in [2.45, 2.75) is 18.9 Å². The van der Waals surface area contributed by atoms with Crippen molar-refractivity contribution >= 4 is 29.0 Å². The number of anilines is 3. The Hall–Kier alpha value is -7.82. The molecule has 300 valence electrons. The first-order chi connectivity index (χ1) is 28.8. The van der Waals surface area contributed by atoms with Gasteiger partial charge in [-0.2, -0.15) is 36.3 Å². The van der Waals surface area contributed by atoms with E-state index in [1.807, 2.05) is 36.4 Å². The number of imidazole rings is 2. The lowest BCUT2D eigenvalue weighted by atomic mass is 10.0. The minimum absolute atomic E-state index is 0.264. The third-order valence-corrected chi connectivity index (χ3v) is 9.26. The summed E-state index contributed by atoms with van der Waals surface area (Å²) in [6.07, 6.45) is -0.655. The monoisotopic (exact) mass is 815 g/mol. The number of nitrogens with zero attached hydrogens (tertiary/aromatic N) is 8. The Morgan fingerprint density at radius 1 is 0.517 bits per heavy atom. The van der Waals surface area contributed by atoms with Crippen LogP contribution in [0.5, 0.6) is 0 Å². The van der Waals surface area contributed by atoms with E-state index in [2.05, 4.69) is 35.2 Å². The van der Waals surface area contributed by atoms with Gasteiger partial charge in [0.1, 0.15) is 17.5 Å². The minimum atomic E-state index is -4.47.